The van der Waals surface area contributed by atoms with Crippen LogP contribution in [0.2, 0.25) is 0 Å². The van der Waals surface area contributed by atoms with E-state index in [0.717, 1.165) is 19.4 Å². The van der Waals surface area contributed by atoms with Crippen LogP contribution in [-0.4, -0.2) is 28.2 Å². The minimum absolute atomic E-state index is 0.115. The van der Waals surface area contributed by atoms with E-state index < -0.39 is 5.82 Å². The Bertz CT molecular complexity index is 353. The number of hydrogen-bond donors (Lipinski definition) is 1. The molecule has 0 radical (unpaired) electrons. The molecular weight excluding hydrogens is 209 g/mol. The minimum Gasteiger partial charge on any atom is -0.375 e. The van der Waals surface area contributed by atoms with Gasteiger partial charge in [-0.3, -0.25) is 0 Å². The van der Waals surface area contributed by atoms with Gasteiger partial charge in [0.2, 0.25) is 5.95 Å². The van der Waals surface area contributed by atoms with Crippen molar-refractivity contribution in [1.29, 1.82) is 0 Å². The van der Waals surface area contributed by atoms with E-state index in [4.69, 9.17) is 4.74 Å². The summed E-state index contributed by atoms with van der Waals surface area (Å²) in [5, 5.41) is 3.19. The summed E-state index contributed by atoms with van der Waals surface area (Å²) < 4.78 is 18.2. The van der Waals surface area contributed by atoms with E-state index in [0.29, 0.717) is 5.95 Å². The van der Waals surface area contributed by atoms with Crippen LogP contribution in [0.3, 0.4) is 0 Å². The van der Waals surface area contributed by atoms with Crippen molar-refractivity contribution in [1.82, 2.24) is 9.97 Å². The van der Waals surface area contributed by atoms with Crippen LogP contribution in [0.25, 0.3) is 0 Å². The quantitative estimate of drug-likeness (QED) is 0.836. The lowest BCUT2D eigenvalue weighted by molar-refractivity contribution is -0.0554. The zero-order chi connectivity index (χ0) is 11.6. The second-order valence-corrected chi connectivity index (χ2v) is 4.67. The second-order valence-electron chi connectivity index (χ2n) is 4.67. The molecule has 2 rings (SSSR count). The minimum atomic E-state index is -0.419. The Balaban J connectivity index is 1.97. The zero-order valence-electron chi connectivity index (χ0n) is 9.53. The number of anilines is 1. The van der Waals surface area contributed by atoms with Gasteiger partial charge >= 0.3 is 0 Å². The molecule has 0 spiro atoms. The smallest absolute Gasteiger partial charge is 0.222 e. The molecule has 1 aromatic heterocycles. The van der Waals surface area contributed by atoms with Crippen molar-refractivity contribution in [2.75, 3.05) is 11.9 Å². The molecule has 5 heteroatoms. The van der Waals surface area contributed by atoms with Gasteiger partial charge in [0.05, 0.1) is 18.0 Å². The largest absolute Gasteiger partial charge is 0.375 e. The van der Waals surface area contributed by atoms with Crippen LogP contribution in [0, 0.1) is 5.82 Å². The highest BCUT2D eigenvalue weighted by molar-refractivity contribution is 5.24. The van der Waals surface area contributed by atoms with Gasteiger partial charge in [0, 0.05) is 12.6 Å². The third-order valence-corrected chi connectivity index (χ3v) is 2.65. The van der Waals surface area contributed by atoms with Crippen molar-refractivity contribution in [2.24, 2.45) is 0 Å². The maximum absolute atomic E-state index is 12.6. The first-order valence-corrected chi connectivity index (χ1v) is 5.43. The van der Waals surface area contributed by atoms with E-state index in [9.17, 15) is 4.39 Å². The van der Waals surface area contributed by atoms with Gasteiger partial charge < -0.3 is 10.1 Å². The van der Waals surface area contributed by atoms with Crippen LogP contribution in [-0.2, 0) is 4.74 Å². The van der Waals surface area contributed by atoms with E-state index >= 15 is 0 Å². The number of halogens is 1. The Hall–Kier alpha value is -1.23. The molecule has 1 atom stereocenters. The molecule has 0 amide bonds. The highest BCUT2D eigenvalue weighted by Crippen LogP contribution is 2.25. The van der Waals surface area contributed by atoms with Crippen molar-refractivity contribution in [3.8, 4) is 0 Å². The summed E-state index contributed by atoms with van der Waals surface area (Å²) in [6.45, 7) is 4.85. The first-order valence-electron chi connectivity index (χ1n) is 5.43. The van der Waals surface area contributed by atoms with E-state index in [1.807, 2.05) is 0 Å². The summed E-state index contributed by atoms with van der Waals surface area (Å²) in [5.41, 5.74) is -0.115. The summed E-state index contributed by atoms with van der Waals surface area (Å²) in [4.78, 5) is 7.76. The van der Waals surface area contributed by atoms with Gasteiger partial charge in [-0.05, 0) is 26.7 Å². The molecule has 1 unspecified atom stereocenters. The topological polar surface area (TPSA) is 47.0 Å². The summed E-state index contributed by atoms with van der Waals surface area (Å²) >= 11 is 0. The van der Waals surface area contributed by atoms with E-state index in [-0.39, 0.29) is 11.6 Å². The van der Waals surface area contributed by atoms with Gasteiger partial charge in [0.25, 0.3) is 0 Å². The highest BCUT2D eigenvalue weighted by Gasteiger charge is 2.28. The summed E-state index contributed by atoms with van der Waals surface area (Å²) in [5.74, 6) is 0.0574. The average Bonchev–Trinajstić information content (AvgIpc) is 2.20. The van der Waals surface area contributed by atoms with Crippen molar-refractivity contribution in [2.45, 2.75) is 38.3 Å². The van der Waals surface area contributed by atoms with Gasteiger partial charge in [0.15, 0.2) is 5.82 Å². The predicted octanol–water partition coefficient (Wildman–Crippen LogP) is 1.99. The molecular formula is C11H16FN3O. The Kier molecular flexibility index (Phi) is 3.05. The van der Waals surface area contributed by atoms with Gasteiger partial charge in [-0.25, -0.2) is 14.4 Å². The van der Waals surface area contributed by atoms with E-state index in [1.165, 1.54) is 12.4 Å². The van der Waals surface area contributed by atoms with Crippen LogP contribution < -0.4 is 5.32 Å². The van der Waals surface area contributed by atoms with Gasteiger partial charge in [0.1, 0.15) is 0 Å². The molecule has 1 saturated heterocycles. The summed E-state index contributed by atoms with van der Waals surface area (Å²) in [7, 11) is 0. The molecule has 4 nitrogen and oxygen atoms in total. The summed E-state index contributed by atoms with van der Waals surface area (Å²) in [6, 6.07) is 0.286. The SMILES string of the molecule is CC1(C)CC(Nc2ncc(F)cn2)CCO1. The van der Waals surface area contributed by atoms with Gasteiger partial charge in [-0.1, -0.05) is 0 Å². The monoisotopic (exact) mass is 225 g/mol. The van der Waals surface area contributed by atoms with Crippen molar-refractivity contribution >= 4 is 5.95 Å². The molecule has 1 aliphatic rings. The van der Waals surface area contributed by atoms with Crippen LogP contribution in [0.1, 0.15) is 26.7 Å². The third-order valence-electron chi connectivity index (χ3n) is 2.65. The fourth-order valence-corrected chi connectivity index (χ4v) is 1.92. The number of nitrogens with one attached hydrogen (secondary N) is 1. The zero-order valence-corrected chi connectivity index (χ0v) is 9.53. The fourth-order valence-electron chi connectivity index (χ4n) is 1.92. The first-order chi connectivity index (χ1) is 7.55. The molecule has 0 bridgehead atoms. The van der Waals surface area contributed by atoms with E-state index in [1.54, 1.807) is 0 Å². The maximum Gasteiger partial charge on any atom is 0.222 e. The Morgan fingerprint density at radius 3 is 2.75 bits per heavy atom. The first kappa shape index (κ1) is 11.3. The molecule has 2 heterocycles. The molecule has 0 aliphatic carbocycles. The van der Waals surface area contributed by atoms with Gasteiger partial charge in [-0.2, -0.15) is 0 Å². The maximum atomic E-state index is 12.6. The lowest BCUT2D eigenvalue weighted by Crippen LogP contribution is -2.40. The number of rotatable bonds is 2. The molecule has 1 aliphatic heterocycles. The molecule has 88 valence electrons. The number of nitrogens with zero attached hydrogens (tertiary/aromatic N) is 2. The standard InChI is InChI=1S/C11H16FN3O/c1-11(2)5-9(3-4-16-11)15-10-13-6-8(12)7-14-10/h6-7,9H,3-5H2,1-2H3,(H,13,14,15). The Labute approximate surface area is 94.2 Å². The number of hydrogen-bond acceptors (Lipinski definition) is 4. The predicted molar refractivity (Wildman–Crippen MR) is 58.7 cm³/mol. The molecule has 1 fully saturated rings. The van der Waals surface area contributed by atoms with Crippen molar-refractivity contribution < 1.29 is 9.13 Å². The van der Waals surface area contributed by atoms with Crippen LogP contribution in [0.15, 0.2) is 12.4 Å². The highest BCUT2D eigenvalue weighted by atomic mass is 19.1. The molecule has 16 heavy (non-hydrogen) atoms. The second kappa shape index (κ2) is 4.33. The van der Waals surface area contributed by atoms with Crippen LogP contribution in [0.4, 0.5) is 10.3 Å². The van der Waals surface area contributed by atoms with Crippen LogP contribution >= 0.6 is 0 Å². The molecule has 0 saturated carbocycles. The normalized spacial score (nSPS) is 24.1. The lowest BCUT2D eigenvalue weighted by Gasteiger charge is -2.35. The van der Waals surface area contributed by atoms with Crippen molar-refractivity contribution in [3.63, 3.8) is 0 Å². The number of ether oxygens (including phenoxy) is 1. The summed E-state index contributed by atoms with van der Waals surface area (Å²) in [6.07, 6.45) is 4.15. The Morgan fingerprint density at radius 1 is 1.44 bits per heavy atom. The molecule has 1 N–H and O–H groups in total. The lowest BCUT2D eigenvalue weighted by atomic mass is 9.94. The molecule has 1 aromatic rings. The molecule has 0 aromatic carbocycles. The third kappa shape index (κ3) is 2.88. The Morgan fingerprint density at radius 2 is 2.12 bits per heavy atom. The van der Waals surface area contributed by atoms with Crippen molar-refractivity contribution in [3.05, 3.63) is 18.2 Å². The number of aromatic nitrogens is 2. The van der Waals surface area contributed by atoms with Crippen LogP contribution in [0.5, 0.6) is 0 Å². The van der Waals surface area contributed by atoms with Gasteiger partial charge in [-0.15, -0.1) is 0 Å². The fraction of sp³-hybridized carbons (Fsp3) is 0.636. The van der Waals surface area contributed by atoms with E-state index in [2.05, 4.69) is 29.1 Å². The average molecular weight is 225 g/mol.